The Morgan fingerprint density at radius 1 is 1.02 bits per heavy atom. The van der Waals surface area contributed by atoms with Gasteiger partial charge in [-0.05, 0) is 61.4 Å². The highest BCUT2D eigenvalue weighted by Crippen LogP contribution is 2.35. The lowest BCUT2D eigenvalue weighted by molar-refractivity contribution is 0.0828. The van der Waals surface area contributed by atoms with Crippen molar-refractivity contribution in [3.05, 3.63) is 102 Å². The summed E-state index contributed by atoms with van der Waals surface area (Å²) in [7, 11) is 0.920. The van der Waals surface area contributed by atoms with E-state index in [-0.39, 0.29) is 16.6 Å². The Morgan fingerprint density at radius 2 is 1.73 bits per heavy atom. The van der Waals surface area contributed by atoms with Gasteiger partial charge in [-0.25, -0.2) is 17.4 Å². The number of carbonyl (C=O) groups excluding carboxylic acids is 1. The van der Waals surface area contributed by atoms with Crippen LogP contribution in [0.2, 0.25) is 0 Å². The van der Waals surface area contributed by atoms with E-state index in [1.807, 2.05) is 44.2 Å². The first kappa shape index (κ1) is 28.4. The lowest BCUT2D eigenvalue weighted by Gasteiger charge is -2.13. The maximum absolute atomic E-state index is 13.8. The van der Waals surface area contributed by atoms with Crippen molar-refractivity contribution in [3.8, 4) is 16.9 Å². The number of aryl methyl sites for hydroxylation is 1. The number of anilines is 1. The zero-order chi connectivity index (χ0) is 29.0. The standard InChI is InChI=1S/C31H32N4O4S/c1-6-22(23-13-16-28(32)27(17-23)31(36)34(3)4)19-33-30-18-24(26-9-7-8-10-29(26)39-5)20-35(30)40(37,38)25-14-11-21(2)12-15-25/h6-20H,32H2,1-5H3/b22-6+,33-19-. The number of hydrogen-bond donors (Lipinski definition) is 1. The fraction of sp³-hybridized carbons (Fsp3) is 0.161. The first-order valence-corrected chi connectivity index (χ1v) is 14.0. The summed E-state index contributed by atoms with van der Waals surface area (Å²) in [5, 5.41) is 0. The molecule has 0 radical (unpaired) electrons. The number of nitrogens with zero attached hydrogens (tertiary/aromatic N) is 3. The number of nitrogen functional groups attached to an aromatic ring is 1. The van der Waals surface area contributed by atoms with Gasteiger partial charge in [0, 0.05) is 43.3 Å². The summed E-state index contributed by atoms with van der Waals surface area (Å²) in [4.78, 5) is 18.8. The highest BCUT2D eigenvalue weighted by atomic mass is 32.2. The Labute approximate surface area is 235 Å². The molecule has 4 rings (SSSR count). The van der Waals surface area contributed by atoms with Gasteiger partial charge < -0.3 is 15.4 Å². The van der Waals surface area contributed by atoms with E-state index < -0.39 is 10.0 Å². The highest BCUT2D eigenvalue weighted by Gasteiger charge is 2.22. The van der Waals surface area contributed by atoms with E-state index in [2.05, 4.69) is 4.99 Å². The van der Waals surface area contributed by atoms with Crippen LogP contribution in [0.15, 0.2) is 95.0 Å². The van der Waals surface area contributed by atoms with Gasteiger partial charge in [-0.2, -0.15) is 0 Å². The van der Waals surface area contributed by atoms with Gasteiger partial charge in [0.05, 0.1) is 17.6 Å². The minimum absolute atomic E-state index is 0.147. The Morgan fingerprint density at radius 3 is 2.38 bits per heavy atom. The molecule has 40 heavy (non-hydrogen) atoms. The molecule has 0 aliphatic carbocycles. The van der Waals surface area contributed by atoms with Crippen molar-refractivity contribution in [2.45, 2.75) is 18.7 Å². The number of para-hydroxylation sites is 1. The van der Waals surface area contributed by atoms with Gasteiger partial charge >= 0.3 is 0 Å². The molecule has 1 aromatic heterocycles. The third kappa shape index (κ3) is 5.69. The molecule has 0 aliphatic rings. The van der Waals surface area contributed by atoms with Crippen LogP contribution in [0.5, 0.6) is 5.75 Å². The predicted molar refractivity (Wildman–Crippen MR) is 161 cm³/mol. The lowest BCUT2D eigenvalue weighted by atomic mass is 10.0. The van der Waals surface area contributed by atoms with Gasteiger partial charge in [-0.3, -0.25) is 4.79 Å². The summed E-state index contributed by atoms with van der Waals surface area (Å²) in [6.45, 7) is 3.74. The van der Waals surface area contributed by atoms with Crippen molar-refractivity contribution in [1.29, 1.82) is 0 Å². The monoisotopic (exact) mass is 556 g/mol. The number of rotatable bonds is 8. The molecule has 0 saturated heterocycles. The Hall–Kier alpha value is -4.63. The number of methoxy groups -OCH3 is 1. The Balaban J connectivity index is 1.83. The third-order valence-electron chi connectivity index (χ3n) is 6.43. The molecule has 8 nitrogen and oxygen atoms in total. The van der Waals surface area contributed by atoms with E-state index >= 15 is 0 Å². The van der Waals surface area contributed by atoms with Crippen LogP contribution in [0.3, 0.4) is 0 Å². The summed E-state index contributed by atoms with van der Waals surface area (Å²) in [5.74, 6) is 0.601. The Kier molecular flexibility index (Phi) is 8.25. The quantitative estimate of drug-likeness (QED) is 0.218. The number of nitrogens with two attached hydrogens (primary N) is 1. The molecule has 0 fully saturated rings. The maximum atomic E-state index is 13.8. The van der Waals surface area contributed by atoms with Crippen LogP contribution < -0.4 is 10.5 Å². The largest absolute Gasteiger partial charge is 0.496 e. The lowest BCUT2D eigenvalue weighted by Crippen LogP contribution is -2.22. The van der Waals surface area contributed by atoms with Crippen molar-refractivity contribution in [3.63, 3.8) is 0 Å². The molecule has 206 valence electrons. The van der Waals surface area contributed by atoms with Crippen molar-refractivity contribution in [2.24, 2.45) is 4.99 Å². The van der Waals surface area contributed by atoms with E-state index in [0.29, 0.717) is 28.1 Å². The zero-order valence-electron chi connectivity index (χ0n) is 23.1. The second-order valence-electron chi connectivity index (χ2n) is 9.41. The van der Waals surface area contributed by atoms with Crippen molar-refractivity contribution in [1.82, 2.24) is 8.87 Å². The Bertz CT molecular complexity index is 1720. The number of benzene rings is 3. The van der Waals surface area contributed by atoms with Crippen molar-refractivity contribution < 1.29 is 17.9 Å². The van der Waals surface area contributed by atoms with Gasteiger partial charge in [0.15, 0.2) is 0 Å². The van der Waals surface area contributed by atoms with Gasteiger partial charge in [-0.15, -0.1) is 0 Å². The normalized spacial score (nSPS) is 12.1. The summed E-state index contributed by atoms with van der Waals surface area (Å²) in [5.41, 5.74) is 10.5. The van der Waals surface area contributed by atoms with Crippen LogP contribution in [0.25, 0.3) is 16.7 Å². The van der Waals surface area contributed by atoms with E-state index in [1.165, 1.54) is 8.87 Å². The molecule has 0 bridgehead atoms. The highest BCUT2D eigenvalue weighted by molar-refractivity contribution is 7.90. The molecule has 9 heteroatoms. The van der Waals surface area contributed by atoms with Crippen LogP contribution in [-0.4, -0.2) is 50.6 Å². The molecule has 0 atom stereocenters. The second kappa shape index (κ2) is 11.6. The molecular formula is C31H32N4O4S. The number of aliphatic imine (C=N–C) groups is 1. The van der Waals surface area contributed by atoms with E-state index in [1.54, 1.807) is 82.1 Å². The van der Waals surface area contributed by atoms with Gasteiger partial charge in [-0.1, -0.05) is 48.0 Å². The van der Waals surface area contributed by atoms with Crippen LogP contribution in [0.1, 0.15) is 28.4 Å². The topological polar surface area (TPSA) is 107 Å². The minimum Gasteiger partial charge on any atom is -0.496 e. The molecule has 1 heterocycles. The third-order valence-corrected chi connectivity index (χ3v) is 8.11. The average Bonchev–Trinajstić information content (AvgIpc) is 3.39. The van der Waals surface area contributed by atoms with Crippen LogP contribution >= 0.6 is 0 Å². The molecule has 0 saturated carbocycles. The van der Waals surface area contributed by atoms with Gasteiger partial charge in [0.25, 0.3) is 15.9 Å². The molecule has 4 aromatic rings. The first-order chi connectivity index (χ1) is 19.1. The van der Waals surface area contributed by atoms with E-state index in [4.69, 9.17) is 10.5 Å². The van der Waals surface area contributed by atoms with Crippen molar-refractivity contribution in [2.75, 3.05) is 26.9 Å². The molecule has 0 unspecified atom stereocenters. The summed E-state index contributed by atoms with van der Waals surface area (Å²) in [6.07, 6.45) is 4.96. The number of carbonyl (C=O) groups is 1. The summed E-state index contributed by atoms with van der Waals surface area (Å²) < 4.78 is 34.2. The summed E-state index contributed by atoms with van der Waals surface area (Å²) in [6, 6.07) is 20.9. The van der Waals surface area contributed by atoms with Crippen LogP contribution in [0.4, 0.5) is 11.5 Å². The maximum Gasteiger partial charge on any atom is 0.269 e. The van der Waals surface area contributed by atoms with Crippen LogP contribution in [0, 0.1) is 6.92 Å². The molecular weight excluding hydrogens is 524 g/mol. The first-order valence-electron chi connectivity index (χ1n) is 12.6. The molecule has 0 spiro atoms. The minimum atomic E-state index is -3.97. The number of amides is 1. The average molecular weight is 557 g/mol. The predicted octanol–water partition coefficient (Wildman–Crippen LogP) is 5.80. The van der Waals surface area contributed by atoms with E-state index in [0.717, 1.165) is 16.7 Å². The SMILES string of the molecule is C/C=C(\C=N/c1cc(-c2ccccc2OC)cn1S(=O)(=O)c1ccc(C)cc1)c1ccc(N)c(C(=O)N(C)C)c1. The van der Waals surface area contributed by atoms with Gasteiger partial charge in [0.2, 0.25) is 0 Å². The number of allylic oxidation sites excluding steroid dienone is 2. The number of hydrogen-bond acceptors (Lipinski definition) is 6. The molecule has 3 aromatic carbocycles. The molecule has 1 amide bonds. The number of aromatic nitrogens is 1. The molecule has 2 N–H and O–H groups in total. The van der Waals surface area contributed by atoms with Crippen molar-refractivity contribution >= 4 is 39.2 Å². The second-order valence-corrected chi connectivity index (χ2v) is 11.2. The van der Waals surface area contributed by atoms with E-state index in [9.17, 15) is 13.2 Å². The number of ether oxygens (including phenoxy) is 1. The fourth-order valence-electron chi connectivity index (χ4n) is 4.19. The summed E-state index contributed by atoms with van der Waals surface area (Å²) >= 11 is 0. The molecule has 0 aliphatic heterocycles. The van der Waals surface area contributed by atoms with Gasteiger partial charge in [0.1, 0.15) is 11.6 Å². The zero-order valence-corrected chi connectivity index (χ0v) is 23.9. The van der Waals surface area contributed by atoms with Crippen LogP contribution in [-0.2, 0) is 10.0 Å². The smallest absolute Gasteiger partial charge is 0.269 e. The fourth-order valence-corrected chi connectivity index (χ4v) is 5.49.